The molecule has 1 N–H and O–H groups in total. The van der Waals surface area contributed by atoms with E-state index in [1.54, 1.807) is 0 Å². The topological polar surface area (TPSA) is 30.9 Å². The van der Waals surface area contributed by atoms with Crippen molar-refractivity contribution in [1.82, 2.24) is 15.1 Å². The molecule has 1 fully saturated rings. The van der Waals surface area contributed by atoms with Gasteiger partial charge in [0.15, 0.2) is 5.96 Å². The van der Waals surface area contributed by atoms with Crippen LogP contribution in [0.2, 0.25) is 0 Å². The van der Waals surface area contributed by atoms with Gasteiger partial charge in [0.25, 0.3) is 0 Å². The Bertz CT molecular complexity index is 348. The van der Waals surface area contributed by atoms with Crippen LogP contribution < -0.4 is 5.32 Å². The molecule has 0 aromatic carbocycles. The van der Waals surface area contributed by atoms with Crippen molar-refractivity contribution in [2.75, 3.05) is 33.2 Å². The summed E-state index contributed by atoms with van der Waals surface area (Å²) in [6.07, 6.45) is 0. The SMILES string of the molecule is CCN(CC)C(C)CNC(=NC)N1CC(C)(C)C1(C)C.I. The lowest BCUT2D eigenvalue weighted by molar-refractivity contribution is -0.0668. The van der Waals surface area contributed by atoms with Crippen LogP contribution in [0, 0.1) is 5.41 Å². The summed E-state index contributed by atoms with van der Waals surface area (Å²) in [5.41, 5.74) is 0.502. The molecule has 0 aromatic rings. The lowest BCUT2D eigenvalue weighted by Gasteiger charge is -2.62. The summed E-state index contributed by atoms with van der Waals surface area (Å²) in [6.45, 7) is 20.2. The highest BCUT2D eigenvalue weighted by Gasteiger charge is 2.53. The largest absolute Gasteiger partial charge is 0.355 e. The highest BCUT2D eigenvalue weighted by molar-refractivity contribution is 14.0. The maximum Gasteiger partial charge on any atom is 0.194 e. The number of rotatable bonds is 5. The van der Waals surface area contributed by atoms with Crippen molar-refractivity contribution in [3.63, 3.8) is 0 Å². The van der Waals surface area contributed by atoms with Gasteiger partial charge in [-0.05, 0) is 33.9 Å². The van der Waals surface area contributed by atoms with Crippen molar-refractivity contribution < 1.29 is 0 Å². The molecule has 0 saturated carbocycles. The minimum Gasteiger partial charge on any atom is -0.355 e. The number of hydrogen-bond donors (Lipinski definition) is 1. The molecule has 0 aromatic heterocycles. The molecule has 0 aliphatic carbocycles. The van der Waals surface area contributed by atoms with Gasteiger partial charge in [0.05, 0.1) is 0 Å². The molecule has 5 heteroatoms. The molecule has 0 radical (unpaired) electrons. The third-order valence-electron chi connectivity index (χ3n) is 5.34. The standard InChI is InChI=1S/C16H34N4.HI/c1-9-19(10-2)13(3)11-18-14(17-8)20-12-15(4,5)16(20,6)7;/h13H,9-12H2,1-8H3,(H,17,18);1H. The van der Waals surface area contributed by atoms with E-state index in [1.165, 1.54) is 0 Å². The molecule has 1 unspecified atom stereocenters. The van der Waals surface area contributed by atoms with Crippen molar-refractivity contribution in [2.45, 2.75) is 60.0 Å². The first-order valence-electron chi connectivity index (χ1n) is 7.93. The van der Waals surface area contributed by atoms with E-state index in [4.69, 9.17) is 0 Å². The predicted octanol–water partition coefficient (Wildman–Crippen LogP) is 3.03. The lowest BCUT2D eigenvalue weighted by atomic mass is 9.65. The van der Waals surface area contributed by atoms with Gasteiger partial charge >= 0.3 is 0 Å². The Balaban J connectivity index is 0.00000400. The predicted molar refractivity (Wildman–Crippen MR) is 104 cm³/mol. The van der Waals surface area contributed by atoms with E-state index in [9.17, 15) is 0 Å². The number of aliphatic imine (C=N–C) groups is 1. The molecule has 1 atom stereocenters. The second-order valence-electron chi connectivity index (χ2n) is 7.03. The number of likely N-dealkylation sites (N-methyl/N-ethyl adjacent to an activating group) is 1. The molecule has 1 aliphatic heterocycles. The fraction of sp³-hybridized carbons (Fsp3) is 0.938. The van der Waals surface area contributed by atoms with Crippen LogP contribution >= 0.6 is 24.0 Å². The van der Waals surface area contributed by atoms with Gasteiger partial charge in [-0.15, -0.1) is 24.0 Å². The third kappa shape index (κ3) is 4.24. The van der Waals surface area contributed by atoms with E-state index < -0.39 is 0 Å². The van der Waals surface area contributed by atoms with E-state index in [2.05, 4.69) is 68.6 Å². The molecule has 1 saturated heterocycles. The smallest absolute Gasteiger partial charge is 0.194 e. The van der Waals surface area contributed by atoms with Gasteiger partial charge < -0.3 is 10.2 Å². The molecule has 126 valence electrons. The Hall–Kier alpha value is -0.0400. The fourth-order valence-corrected chi connectivity index (χ4v) is 2.91. The van der Waals surface area contributed by atoms with Crippen molar-refractivity contribution in [3.8, 4) is 0 Å². The van der Waals surface area contributed by atoms with Crippen LogP contribution in [0.3, 0.4) is 0 Å². The van der Waals surface area contributed by atoms with Crippen LogP contribution in [0.4, 0.5) is 0 Å². The van der Waals surface area contributed by atoms with Crippen molar-refractivity contribution in [3.05, 3.63) is 0 Å². The highest BCUT2D eigenvalue weighted by atomic mass is 127. The molecule has 4 nitrogen and oxygen atoms in total. The zero-order valence-corrected chi connectivity index (χ0v) is 17.5. The third-order valence-corrected chi connectivity index (χ3v) is 5.34. The summed E-state index contributed by atoms with van der Waals surface area (Å²) in [4.78, 5) is 9.32. The molecule has 1 heterocycles. The molecule has 21 heavy (non-hydrogen) atoms. The van der Waals surface area contributed by atoms with Gasteiger partial charge in [-0.1, -0.05) is 27.7 Å². The average molecular weight is 410 g/mol. The van der Waals surface area contributed by atoms with Gasteiger partial charge in [-0.3, -0.25) is 9.89 Å². The van der Waals surface area contributed by atoms with Gasteiger partial charge in [-0.25, -0.2) is 0 Å². The summed E-state index contributed by atoms with van der Waals surface area (Å²) in [6, 6.07) is 0.527. The summed E-state index contributed by atoms with van der Waals surface area (Å²) in [5.74, 6) is 1.04. The van der Waals surface area contributed by atoms with Gasteiger partial charge in [0, 0.05) is 37.1 Å². The molecule has 1 aliphatic rings. The van der Waals surface area contributed by atoms with Crippen LogP contribution in [-0.4, -0.2) is 60.6 Å². The summed E-state index contributed by atoms with van der Waals surface area (Å²) < 4.78 is 0. The highest BCUT2D eigenvalue weighted by Crippen LogP contribution is 2.46. The Kier molecular flexibility index (Phi) is 7.98. The fourth-order valence-electron chi connectivity index (χ4n) is 2.91. The second-order valence-corrected chi connectivity index (χ2v) is 7.03. The van der Waals surface area contributed by atoms with Crippen LogP contribution in [0.15, 0.2) is 4.99 Å². The Morgan fingerprint density at radius 2 is 1.76 bits per heavy atom. The normalized spacial score (nSPS) is 21.6. The number of halogens is 1. The molecule has 0 bridgehead atoms. The first-order valence-corrected chi connectivity index (χ1v) is 7.93. The first-order chi connectivity index (χ1) is 9.21. The van der Waals surface area contributed by atoms with E-state index in [-0.39, 0.29) is 29.5 Å². The van der Waals surface area contributed by atoms with E-state index in [1.807, 2.05) is 7.05 Å². The molecule has 1 rings (SSSR count). The van der Waals surface area contributed by atoms with Crippen molar-refractivity contribution in [1.29, 1.82) is 0 Å². The lowest BCUT2D eigenvalue weighted by Crippen LogP contribution is -2.72. The van der Waals surface area contributed by atoms with E-state index >= 15 is 0 Å². The number of nitrogens with zero attached hydrogens (tertiary/aromatic N) is 3. The number of likely N-dealkylation sites (tertiary alicyclic amines) is 1. The first kappa shape index (κ1) is 21.0. The molecule has 0 spiro atoms. The van der Waals surface area contributed by atoms with E-state index in [0.717, 1.165) is 32.1 Å². The quantitative estimate of drug-likeness (QED) is 0.430. The maximum atomic E-state index is 4.47. The van der Waals surface area contributed by atoms with Crippen LogP contribution in [-0.2, 0) is 0 Å². The summed E-state index contributed by atoms with van der Waals surface area (Å²) in [7, 11) is 1.88. The van der Waals surface area contributed by atoms with Gasteiger partial charge in [0.2, 0.25) is 0 Å². The second kappa shape index (κ2) is 7.99. The number of nitrogens with one attached hydrogen (secondary N) is 1. The summed E-state index contributed by atoms with van der Waals surface area (Å²) >= 11 is 0. The maximum absolute atomic E-state index is 4.47. The minimum absolute atomic E-state index is 0. The Labute approximate surface area is 148 Å². The molecular formula is C16H35IN4. The van der Waals surface area contributed by atoms with Crippen LogP contribution in [0.25, 0.3) is 0 Å². The zero-order valence-electron chi connectivity index (χ0n) is 15.2. The molecule has 0 amide bonds. The van der Waals surface area contributed by atoms with Gasteiger partial charge in [-0.2, -0.15) is 0 Å². The van der Waals surface area contributed by atoms with Crippen molar-refractivity contribution in [2.24, 2.45) is 10.4 Å². The number of guanidine groups is 1. The Morgan fingerprint density at radius 3 is 2.10 bits per heavy atom. The minimum atomic E-state index is 0. The van der Waals surface area contributed by atoms with Gasteiger partial charge in [0.1, 0.15) is 0 Å². The van der Waals surface area contributed by atoms with E-state index in [0.29, 0.717) is 11.5 Å². The average Bonchev–Trinajstić information content (AvgIpc) is 2.39. The zero-order chi connectivity index (χ0) is 15.6. The van der Waals surface area contributed by atoms with Crippen molar-refractivity contribution >= 4 is 29.9 Å². The Morgan fingerprint density at radius 1 is 1.24 bits per heavy atom. The number of hydrogen-bond acceptors (Lipinski definition) is 2. The molecular weight excluding hydrogens is 375 g/mol. The van der Waals surface area contributed by atoms with Crippen LogP contribution in [0.1, 0.15) is 48.5 Å². The summed E-state index contributed by atoms with van der Waals surface area (Å²) in [5, 5.41) is 3.55. The van der Waals surface area contributed by atoms with Crippen LogP contribution in [0.5, 0.6) is 0 Å². The monoisotopic (exact) mass is 410 g/mol.